The summed E-state index contributed by atoms with van der Waals surface area (Å²) in [6.07, 6.45) is 3.27. The maximum absolute atomic E-state index is 13.6. The monoisotopic (exact) mass is 312 g/mol. The predicted molar refractivity (Wildman–Crippen MR) is 85.7 cm³/mol. The van der Waals surface area contributed by atoms with Crippen molar-refractivity contribution in [1.29, 1.82) is 5.26 Å². The molecule has 0 aliphatic carbocycles. The third-order valence-electron chi connectivity index (χ3n) is 3.26. The molecule has 0 saturated carbocycles. The van der Waals surface area contributed by atoms with Crippen molar-refractivity contribution >= 4 is 20.5 Å². The highest BCUT2D eigenvalue weighted by molar-refractivity contribution is 7.31. The molecule has 1 heterocycles. The minimum absolute atomic E-state index is 0.203. The Morgan fingerprint density at radius 3 is 2.68 bits per heavy atom. The molecule has 0 spiro atoms. The third-order valence-corrected chi connectivity index (χ3v) is 4.43. The molecular formula is C17H11F2N2P. The number of nitrogens with zero attached hydrogens (tertiary/aromatic N) is 1. The zero-order chi connectivity index (χ0) is 15.5. The molecule has 1 unspecified atom stereocenters. The number of nitrogens with one attached hydrogen (secondary N) is 1. The van der Waals surface area contributed by atoms with Crippen molar-refractivity contribution in [3.8, 4) is 16.9 Å². The summed E-state index contributed by atoms with van der Waals surface area (Å²) in [5.74, 6) is -0.937. The van der Waals surface area contributed by atoms with Gasteiger partial charge in [-0.25, -0.2) is 8.78 Å². The number of rotatable bonds is 3. The highest BCUT2D eigenvalue weighted by Gasteiger charge is 2.08. The van der Waals surface area contributed by atoms with Gasteiger partial charge in [-0.1, -0.05) is 38.7 Å². The summed E-state index contributed by atoms with van der Waals surface area (Å²) in [6, 6.07) is 13.1. The van der Waals surface area contributed by atoms with Crippen LogP contribution in [0.15, 0.2) is 42.5 Å². The Kier molecular flexibility index (Phi) is 3.91. The fourth-order valence-electron chi connectivity index (χ4n) is 2.11. The highest BCUT2D eigenvalue weighted by Crippen LogP contribution is 2.33. The van der Waals surface area contributed by atoms with Gasteiger partial charge in [0.15, 0.2) is 0 Å². The van der Waals surface area contributed by atoms with E-state index in [0.717, 1.165) is 34.6 Å². The number of aromatic amines is 1. The number of hydrogen-bond acceptors (Lipinski definition) is 1. The molecule has 0 aliphatic rings. The summed E-state index contributed by atoms with van der Waals surface area (Å²) in [5.41, 5.74) is 2.63. The van der Waals surface area contributed by atoms with Gasteiger partial charge in [-0.3, -0.25) is 0 Å². The molecule has 0 fully saturated rings. The van der Waals surface area contributed by atoms with Gasteiger partial charge in [0.25, 0.3) is 0 Å². The topological polar surface area (TPSA) is 39.6 Å². The average Bonchev–Trinajstić information content (AvgIpc) is 2.48. The molecule has 22 heavy (non-hydrogen) atoms. The van der Waals surface area contributed by atoms with Crippen LogP contribution < -0.4 is 0 Å². The largest absolute Gasteiger partial charge is 0.338 e. The summed E-state index contributed by atoms with van der Waals surface area (Å²) in [6.45, 7) is 0. The van der Waals surface area contributed by atoms with E-state index in [9.17, 15) is 8.78 Å². The molecule has 108 valence electrons. The zero-order valence-electron chi connectivity index (χ0n) is 11.4. The van der Waals surface area contributed by atoms with Crippen LogP contribution in [0.25, 0.3) is 23.0 Å². The summed E-state index contributed by atoms with van der Waals surface area (Å²) in [5, 5.41) is 9.93. The van der Waals surface area contributed by atoms with E-state index in [0.29, 0.717) is 14.0 Å². The lowest BCUT2D eigenvalue weighted by Crippen LogP contribution is -1.88. The van der Waals surface area contributed by atoms with Gasteiger partial charge in [0, 0.05) is 10.9 Å². The zero-order valence-corrected chi connectivity index (χ0v) is 12.4. The smallest absolute Gasteiger partial charge is 0.133 e. The lowest BCUT2D eigenvalue weighted by Gasteiger charge is -2.08. The Morgan fingerprint density at radius 1 is 1.09 bits per heavy atom. The Balaban J connectivity index is 1.89. The minimum atomic E-state index is -0.472. The van der Waals surface area contributed by atoms with Gasteiger partial charge >= 0.3 is 0 Å². The molecule has 1 aromatic heterocycles. The number of benzene rings is 2. The Bertz CT molecular complexity index is 884. The first-order valence-electron chi connectivity index (χ1n) is 6.57. The fraction of sp³-hybridized carbons (Fsp3) is 0. The molecule has 1 atom stereocenters. The molecule has 0 bridgehead atoms. The van der Waals surface area contributed by atoms with E-state index < -0.39 is 11.6 Å². The number of H-pyrrole nitrogens is 1. The number of hydrogen-bond donors (Lipinski definition) is 1. The van der Waals surface area contributed by atoms with Crippen LogP contribution in [0.2, 0.25) is 0 Å². The quantitative estimate of drug-likeness (QED) is 0.677. The number of aromatic nitrogens is 1. The van der Waals surface area contributed by atoms with Crippen LogP contribution in [0.1, 0.15) is 16.8 Å². The van der Waals surface area contributed by atoms with Crippen LogP contribution in [0.5, 0.6) is 0 Å². The van der Waals surface area contributed by atoms with Crippen LogP contribution in [0, 0.1) is 23.0 Å². The molecule has 5 heteroatoms. The number of halogens is 2. The molecule has 1 N–H and O–H groups in total. The maximum Gasteiger partial charge on any atom is 0.133 e. The van der Waals surface area contributed by atoms with Crippen LogP contribution in [0.4, 0.5) is 8.78 Å². The SMILES string of the molecule is N#Cc1[nH][pH]c1-c1cccc(/C=C/c2cc(F)ccc2F)c1. The molecule has 0 saturated heterocycles. The highest BCUT2D eigenvalue weighted by atomic mass is 31.0. The lowest BCUT2D eigenvalue weighted by molar-refractivity contribution is 0.598. The molecule has 0 aliphatic heterocycles. The fourth-order valence-corrected chi connectivity index (χ4v) is 2.90. The molecule has 0 radical (unpaired) electrons. The summed E-state index contributed by atoms with van der Waals surface area (Å²) in [4.78, 5) is 0. The van der Waals surface area contributed by atoms with E-state index in [1.165, 1.54) is 0 Å². The van der Waals surface area contributed by atoms with Crippen molar-refractivity contribution in [2.24, 2.45) is 0 Å². The standard InChI is InChI=1S/C17H11F2N2P/c18-14-6-7-15(19)12(9-14)5-4-11-2-1-3-13(8-11)17-16(10-20)21-22-17/h1-9,21-22H/b5-4+. The predicted octanol–water partition coefficient (Wildman–Crippen LogP) is 5.03. The van der Waals surface area contributed by atoms with Crippen molar-refractivity contribution in [3.63, 3.8) is 0 Å². The molecule has 3 aromatic rings. The van der Waals surface area contributed by atoms with Gasteiger partial charge in [0.1, 0.15) is 23.4 Å². The Hall–Kier alpha value is -2.63. The van der Waals surface area contributed by atoms with Gasteiger partial charge in [-0.05, 0) is 35.4 Å². The Morgan fingerprint density at radius 2 is 1.95 bits per heavy atom. The normalized spacial score (nSPS) is 11.3. The van der Waals surface area contributed by atoms with Crippen molar-refractivity contribution in [3.05, 3.63) is 70.9 Å². The van der Waals surface area contributed by atoms with Crippen molar-refractivity contribution < 1.29 is 8.78 Å². The third kappa shape index (κ3) is 2.86. The van der Waals surface area contributed by atoms with Gasteiger partial charge in [-0.15, -0.1) is 0 Å². The second-order valence-corrected chi connectivity index (χ2v) is 5.74. The molecule has 3 rings (SSSR count). The second-order valence-electron chi connectivity index (χ2n) is 4.74. The van der Waals surface area contributed by atoms with Crippen LogP contribution >= 0.6 is 8.35 Å². The van der Waals surface area contributed by atoms with E-state index >= 15 is 0 Å². The summed E-state index contributed by atoms with van der Waals surface area (Å²) in [7, 11) is 0.418. The van der Waals surface area contributed by atoms with E-state index in [2.05, 4.69) is 10.8 Å². The van der Waals surface area contributed by atoms with E-state index in [4.69, 9.17) is 5.26 Å². The van der Waals surface area contributed by atoms with Gasteiger partial charge in [0.2, 0.25) is 0 Å². The van der Waals surface area contributed by atoms with Gasteiger partial charge in [0.05, 0.1) is 0 Å². The van der Waals surface area contributed by atoms with Gasteiger partial charge in [-0.2, -0.15) is 5.26 Å². The first kappa shape index (κ1) is 14.3. The average molecular weight is 312 g/mol. The summed E-state index contributed by atoms with van der Waals surface area (Å²) >= 11 is 0. The van der Waals surface area contributed by atoms with E-state index in [-0.39, 0.29) is 5.56 Å². The molecular weight excluding hydrogens is 301 g/mol. The lowest BCUT2D eigenvalue weighted by atomic mass is 10.1. The Labute approximate surface area is 127 Å². The van der Waals surface area contributed by atoms with Crippen molar-refractivity contribution in [1.82, 2.24) is 4.75 Å². The first-order valence-corrected chi connectivity index (χ1v) is 7.57. The molecule has 0 amide bonds. The molecule has 2 nitrogen and oxygen atoms in total. The maximum atomic E-state index is 13.6. The minimum Gasteiger partial charge on any atom is -0.338 e. The van der Waals surface area contributed by atoms with E-state index in [1.807, 2.05) is 24.3 Å². The number of nitriles is 1. The van der Waals surface area contributed by atoms with E-state index in [1.54, 1.807) is 12.2 Å². The van der Waals surface area contributed by atoms with Crippen molar-refractivity contribution in [2.75, 3.05) is 0 Å². The molecule has 2 aromatic carbocycles. The second kappa shape index (κ2) is 6.01. The van der Waals surface area contributed by atoms with Gasteiger partial charge < -0.3 is 4.75 Å². The van der Waals surface area contributed by atoms with Crippen LogP contribution in [-0.2, 0) is 0 Å². The first-order chi connectivity index (χ1) is 10.7. The van der Waals surface area contributed by atoms with Crippen LogP contribution in [0.3, 0.4) is 0 Å². The summed E-state index contributed by atoms with van der Waals surface area (Å²) < 4.78 is 29.7. The van der Waals surface area contributed by atoms with Crippen molar-refractivity contribution in [2.45, 2.75) is 0 Å². The van der Waals surface area contributed by atoms with Crippen LogP contribution in [-0.4, -0.2) is 4.75 Å².